The van der Waals surface area contributed by atoms with Crippen molar-refractivity contribution in [3.05, 3.63) is 0 Å². The number of aliphatic hydroxyl groups excluding tert-OH is 2. The number of aliphatic hydroxyl groups is 2. The van der Waals surface area contributed by atoms with Crippen LogP contribution in [-0.4, -0.2) is 65.7 Å². The van der Waals surface area contributed by atoms with Crippen LogP contribution in [-0.2, 0) is 32.7 Å². The van der Waals surface area contributed by atoms with Gasteiger partial charge in [0.05, 0.1) is 19.8 Å². The molecule has 0 saturated carbocycles. The first kappa shape index (κ1) is 62.0. The number of ether oxygens (including phenoxy) is 2. The first-order valence-corrected chi connectivity index (χ1v) is 28.5. The second-order valence-corrected chi connectivity index (χ2v) is 20.1. The predicted octanol–water partition coefficient (Wildman–Crippen LogP) is 15.4. The number of esters is 2. The Bertz CT molecular complexity index is 1010. The number of unbranched alkanes of at least 4 members (excludes halogenated alkanes) is 38. The highest BCUT2D eigenvalue weighted by Crippen LogP contribution is 2.43. The maximum atomic E-state index is 12.7. The highest BCUT2D eigenvalue weighted by Gasteiger charge is 2.27. The lowest BCUT2D eigenvalue weighted by Gasteiger charge is -2.20. The standard InChI is InChI=1S/C52H103O10P/c1-3-5-7-9-11-13-15-17-19-21-23-24-25-26-28-30-32-34-36-38-40-42-44-52(56)62-50(48-61-63(57,58)60-46-49(54)45-53)47-59-51(55)43-41-39-37-35-33-31-29-27-22-20-18-16-14-12-10-8-6-4-2/h49-50,53-54H,3-48H2,1-2H3,(H,57,58). The maximum Gasteiger partial charge on any atom is 0.472 e. The van der Waals surface area contributed by atoms with E-state index >= 15 is 0 Å². The summed E-state index contributed by atoms with van der Waals surface area (Å²) in [6.07, 6.45) is 49.3. The second kappa shape index (κ2) is 48.9. The highest BCUT2D eigenvalue weighted by atomic mass is 31.2. The average molecular weight is 919 g/mol. The summed E-state index contributed by atoms with van der Waals surface area (Å²) in [4.78, 5) is 35.2. The van der Waals surface area contributed by atoms with Gasteiger partial charge < -0.3 is 24.6 Å². The van der Waals surface area contributed by atoms with Crippen LogP contribution in [0.25, 0.3) is 0 Å². The van der Waals surface area contributed by atoms with Gasteiger partial charge in [0.15, 0.2) is 6.10 Å². The fourth-order valence-corrected chi connectivity index (χ4v) is 8.91. The van der Waals surface area contributed by atoms with Crippen molar-refractivity contribution in [2.75, 3.05) is 26.4 Å². The lowest BCUT2D eigenvalue weighted by atomic mass is 10.0. The van der Waals surface area contributed by atoms with E-state index in [0.29, 0.717) is 12.8 Å². The lowest BCUT2D eigenvalue weighted by molar-refractivity contribution is -0.161. The number of carbonyl (C=O) groups excluding carboxylic acids is 2. The van der Waals surface area contributed by atoms with Crippen molar-refractivity contribution in [2.45, 2.75) is 296 Å². The minimum Gasteiger partial charge on any atom is -0.462 e. The number of rotatable bonds is 52. The summed E-state index contributed by atoms with van der Waals surface area (Å²) < 4.78 is 32.9. The van der Waals surface area contributed by atoms with Crippen LogP contribution in [0.5, 0.6) is 0 Å². The maximum absolute atomic E-state index is 12.7. The van der Waals surface area contributed by atoms with Gasteiger partial charge in [-0.05, 0) is 12.8 Å². The molecule has 0 fully saturated rings. The van der Waals surface area contributed by atoms with Gasteiger partial charge in [0.25, 0.3) is 0 Å². The number of phosphoric acid groups is 1. The molecule has 0 bridgehead atoms. The van der Waals surface area contributed by atoms with Gasteiger partial charge in [-0.15, -0.1) is 0 Å². The zero-order valence-electron chi connectivity index (χ0n) is 41.3. The van der Waals surface area contributed by atoms with E-state index in [4.69, 9.17) is 23.6 Å². The zero-order chi connectivity index (χ0) is 46.2. The lowest BCUT2D eigenvalue weighted by Crippen LogP contribution is -2.29. The predicted molar refractivity (Wildman–Crippen MR) is 261 cm³/mol. The fourth-order valence-electron chi connectivity index (χ4n) is 8.12. The molecular weight excluding hydrogens is 816 g/mol. The molecule has 3 atom stereocenters. The van der Waals surface area contributed by atoms with Gasteiger partial charge in [0, 0.05) is 12.8 Å². The molecule has 0 aliphatic rings. The molecule has 0 amide bonds. The van der Waals surface area contributed by atoms with E-state index in [1.54, 1.807) is 0 Å². The third-order valence-electron chi connectivity index (χ3n) is 12.3. The van der Waals surface area contributed by atoms with E-state index in [-0.39, 0.29) is 19.4 Å². The molecule has 3 unspecified atom stereocenters. The second-order valence-electron chi connectivity index (χ2n) is 18.6. The molecule has 0 saturated heterocycles. The van der Waals surface area contributed by atoms with Gasteiger partial charge in [-0.25, -0.2) is 4.57 Å². The number of carbonyl (C=O) groups is 2. The van der Waals surface area contributed by atoms with Crippen molar-refractivity contribution >= 4 is 19.8 Å². The van der Waals surface area contributed by atoms with Crippen molar-refractivity contribution < 1.29 is 47.8 Å². The summed E-state index contributed by atoms with van der Waals surface area (Å²) in [5, 5.41) is 18.4. The van der Waals surface area contributed by atoms with Gasteiger partial charge in [-0.2, -0.15) is 0 Å². The zero-order valence-corrected chi connectivity index (χ0v) is 42.2. The fraction of sp³-hybridized carbons (Fsp3) is 0.962. The summed E-state index contributed by atoms with van der Waals surface area (Å²) in [7, 11) is -4.62. The van der Waals surface area contributed by atoms with Gasteiger partial charge in [0.1, 0.15) is 12.7 Å². The Balaban J connectivity index is 4.09. The third-order valence-corrected chi connectivity index (χ3v) is 13.2. The van der Waals surface area contributed by atoms with E-state index in [1.807, 2.05) is 0 Å². The number of hydrogen-bond acceptors (Lipinski definition) is 9. The van der Waals surface area contributed by atoms with Crippen LogP contribution in [0.15, 0.2) is 0 Å². The van der Waals surface area contributed by atoms with Crippen molar-refractivity contribution in [1.82, 2.24) is 0 Å². The molecule has 0 aromatic carbocycles. The van der Waals surface area contributed by atoms with E-state index in [1.165, 1.54) is 212 Å². The summed E-state index contributed by atoms with van der Waals surface area (Å²) in [5.74, 6) is -0.901. The van der Waals surface area contributed by atoms with Crippen molar-refractivity contribution in [3.63, 3.8) is 0 Å². The molecule has 0 heterocycles. The van der Waals surface area contributed by atoms with Gasteiger partial charge >= 0.3 is 19.8 Å². The Morgan fingerprint density at radius 2 is 0.683 bits per heavy atom. The monoisotopic (exact) mass is 919 g/mol. The van der Waals surface area contributed by atoms with E-state index in [0.717, 1.165) is 32.1 Å². The highest BCUT2D eigenvalue weighted by molar-refractivity contribution is 7.47. The topological polar surface area (TPSA) is 149 Å². The van der Waals surface area contributed by atoms with Crippen LogP contribution in [0.3, 0.4) is 0 Å². The van der Waals surface area contributed by atoms with Crippen LogP contribution in [0, 0.1) is 0 Å². The largest absolute Gasteiger partial charge is 0.472 e. The van der Waals surface area contributed by atoms with Crippen molar-refractivity contribution in [2.24, 2.45) is 0 Å². The first-order valence-electron chi connectivity index (χ1n) is 27.0. The molecule has 10 nitrogen and oxygen atoms in total. The SMILES string of the molecule is CCCCCCCCCCCCCCCCCCCCCCCCC(=O)OC(COC(=O)CCCCCCCCCCCCCCCCCCCC)COP(=O)(O)OCC(O)CO. The summed E-state index contributed by atoms with van der Waals surface area (Å²) >= 11 is 0. The molecule has 376 valence electrons. The van der Waals surface area contributed by atoms with Crippen LogP contribution in [0.2, 0.25) is 0 Å². The van der Waals surface area contributed by atoms with E-state index in [9.17, 15) is 24.2 Å². The molecule has 0 rings (SSSR count). The Kier molecular flexibility index (Phi) is 48.1. The Morgan fingerprint density at radius 3 is 0.984 bits per heavy atom. The van der Waals surface area contributed by atoms with E-state index in [2.05, 4.69) is 13.8 Å². The molecule has 0 aromatic rings. The molecule has 63 heavy (non-hydrogen) atoms. The quantitative estimate of drug-likeness (QED) is 0.0306. The number of hydrogen-bond donors (Lipinski definition) is 3. The third kappa shape index (κ3) is 48.7. The minimum atomic E-state index is -4.62. The van der Waals surface area contributed by atoms with Crippen LogP contribution >= 0.6 is 7.82 Å². The molecule has 3 N–H and O–H groups in total. The molecular formula is C52H103O10P. The van der Waals surface area contributed by atoms with Crippen molar-refractivity contribution in [3.8, 4) is 0 Å². The number of phosphoric ester groups is 1. The molecule has 0 aliphatic heterocycles. The molecule has 0 aromatic heterocycles. The van der Waals surface area contributed by atoms with Crippen LogP contribution < -0.4 is 0 Å². The molecule has 0 radical (unpaired) electrons. The smallest absolute Gasteiger partial charge is 0.462 e. The van der Waals surface area contributed by atoms with Crippen molar-refractivity contribution in [1.29, 1.82) is 0 Å². The molecule has 0 aliphatic carbocycles. The summed E-state index contributed by atoms with van der Waals surface area (Å²) in [6.45, 7) is 2.46. The first-order chi connectivity index (χ1) is 30.7. The van der Waals surface area contributed by atoms with Gasteiger partial charge in [0.2, 0.25) is 0 Å². The molecule has 0 spiro atoms. The van der Waals surface area contributed by atoms with Gasteiger partial charge in [-0.1, -0.05) is 258 Å². The average Bonchev–Trinajstić information content (AvgIpc) is 3.27. The normalized spacial score (nSPS) is 13.5. The Morgan fingerprint density at radius 1 is 0.413 bits per heavy atom. The van der Waals surface area contributed by atoms with Crippen LogP contribution in [0.4, 0.5) is 0 Å². The Labute approximate surface area is 388 Å². The van der Waals surface area contributed by atoms with Gasteiger partial charge in [-0.3, -0.25) is 18.6 Å². The summed E-state index contributed by atoms with van der Waals surface area (Å²) in [6, 6.07) is 0. The van der Waals surface area contributed by atoms with E-state index < -0.39 is 51.8 Å². The molecule has 11 heteroatoms. The Hall–Kier alpha value is -1.03. The minimum absolute atomic E-state index is 0.193. The van der Waals surface area contributed by atoms with Crippen LogP contribution in [0.1, 0.15) is 284 Å². The summed E-state index contributed by atoms with van der Waals surface area (Å²) in [5.41, 5.74) is 0.